The molecule has 3 aromatic carbocycles. The summed E-state index contributed by atoms with van der Waals surface area (Å²) in [6, 6.07) is 23.1. The minimum Gasteiger partial charge on any atom is -0.490 e. The molecular formula is C31H35N3O5. The van der Waals surface area contributed by atoms with Crippen LogP contribution in [-0.4, -0.2) is 63.8 Å². The molecule has 2 aliphatic rings. The highest BCUT2D eigenvalue weighted by atomic mass is 16.5. The first-order chi connectivity index (χ1) is 19.1. The number of fused-ring (bicyclic) bond motifs is 1. The van der Waals surface area contributed by atoms with Crippen molar-refractivity contribution in [1.82, 2.24) is 5.32 Å². The van der Waals surface area contributed by atoms with Gasteiger partial charge in [0.15, 0.2) is 0 Å². The molecule has 3 aromatic rings. The largest absolute Gasteiger partial charge is 0.490 e. The minimum absolute atomic E-state index is 0.172. The van der Waals surface area contributed by atoms with Crippen molar-refractivity contribution in [2.24, 2.45) is 0 Å². The number of ether oxygens (including phenoxy) is 4. The fourth-order valence-corrected chi connectivity index (χ4v) is 5.24. The standard InChI is InChI=1S/C31H35N3O5/c1-36-14-3-12-34-13-15-37-29-11-6-23(17-27(29)34)21-38-30-20-33-19-28(35)31(30)24-7-9-25(10-8-24)39-26-5-2-4-22(16-26)18-32/h2,4-11,16-17,28,30-31,33,35H,3,12-15,19-21H2,1H3. The van der Waals surface area contributed by atoms with E-state index < -0.39 is 6.10 Å². The lowest BCUT2D eigenvalue weighted by Gasteiger charge is -2.36. The Morgan fingerprint density at radius 3 is 2.77 bits per heavy atom. The maximum absolute atomic E-state index is 10.9. The van der Waals surface area contributed by atoms with Crippen LogP contribution in [0.1, 0.15) is 29.0 Å². The molecule has 0 radical (unpaired) electrons. The van der Waals surface area contributed by atoms with Crippen LogP contribution >= 0.6 is 0 Å². The molecule has 2 heterocycles. The summed E-state index contributed by atoms with van der Waals surface area (Å²) < 4.78 is 23.4. The number of rotatable bonds is 10. The van der Waals surface area contributed by atoms with Crippen LogP contribution in [0.3, 0.4) is 0 Å². The summed E-state index contributed by atoms with van der Waals surface area (Å²) in [5, 5.41) is 23.3. The predicted molar refractivity (Wildman–Crippen MR) is 149 cm³/mol. The van der Waals surface area contributed by atoms with Crippen molar-refractivity contribution in [1.29, 1.82) is 5.26 Å². The van der Waals surface area contributed by atoms with Crippen LogP contribution in [0.25, 0.3) is 0 Å². The van der Waals surface area contributed by atoms with Gasteiger partial charge in [-0.1, -0.05) is 24.3 Å². The molecule has 0 bridgehead atoms. The number of nitrogens with zero attached hydrogens (tertiary/aromatic N) is 2. The molecule has 0 saturated carbocycles. The minimum atomic E-state index is -0.573. The summed E-state index contributed by atoms with van der Waals surface area (Å²) in [6.45, 7) is 4.78. The number of hydrogen-bond donors (Lipinski definition) is 2. The number of β-amino-alcohol motifs (C(OH)–C–C–N with tert-alkyl or cyclic N) is 1. The molecular weight excluding hydrogens is 494 g/mol. The number of benzene rings is 3. The Hall–Kier alpha value is -3.61. The van der Waals surface area contributed by atoms with Crippen LogP contribution in [0.5, 0.6) is 17.2 Å². The number of hydrogen-bond acceptors (Lipinski definition) is 8. The summed E-state index contributed by atoms with van der Waals surface area (Å²) in [6.07, 6.45) is 0.189. The van der Waals surface area contributed by atoms with E-state index in [4.69, 9.17) is 24.2 Å². The zero-order chi connectivity index (χ0) is 27.0. The number of methoxy groups -OCH3 is 1. The molecule has 5 rings (SSSR count). The van der Waals surface area contributed by atoms with E-state index in [-0.39, 0.29) is 12.0 Å². The van der Waals surface area contributed by atoms with Crippen molar-refractivity contribution in [2.45, 2.75) is 31.2 Å². The van der Waals surface area contributed by atoms with Crippen LogP contribution in [0, 0.1) is 11.3 Å². The van der Waals surface area contributed by atoms with Gasteiger partial charge < -0.3 is 34.3 Å². The van der Waals surface area contributed by atoms with Gasteiger partial charge in [0.1, 0.15) is 23.9 Å². The maximum atomic E-state index is 10.9. The van der Waals surface area contributed by atoms with Gasteiger partial charge in [-0.05, 0) is 60.0 Å². The molecule has 1 saturated heterocycles. The average Bonchev–Trinajstić information content (AvgIpc) is 2.97. The lowest BCUT2D eigenvalue weighted by Crippen LogP contribution is -2.49. The normalized spacial score (nSPS) is 20.5. The smallest absolute Gasteiger partial charge is 0.142 e. The van der Waals surface area contributed by atoms with Crippen molar-refractivity contribution in [2.75, 3.05) is 51.4 Å². The SMILES string of the molecule is COCCCN1CCOc2ccc(COC3CNCC(O)C3c3ccc(Oc4cccc(C#N)c4)cc3)cc21. The number of nitriles is 1. The molecule has 39 heavy (non-hydrogen) atoms. The van der Waals surface area contributed by atoms with Gasteiger partial charge in [-0.3, -0.25) is 0 Å². The summed E-state index contributed by atoms with van der Waals surface area (Å²) in [7, 11) is 1.73. The average molecular weight is 530 g/mol. The van der Waals surface area contributed by atoms with E-state index in [0.717, 1.165) is 48.7 Å². The highest BCUT2D eigenvalue weighted by Crippen LogP contribution is 2.34. The fourth-order valence-electron chi connectivity index (χ4n) is 5.24. The van der Waals surface area contributed by atoms with Crippen molar-refractivity contribution in [3.63, 3.8) is 0 Å². The van der Waals surface area contributed by atoms with E-state index in [1.165, 1.54) is 0 Å². The number of aliphatic hydroxyl groups is 1. The molecule has 0 amide bonds. The molecule has 0 aromatic heterocycles. The summed E-state index contributed by atoms with van der Waals surface area (Å²) in [5.41, 5.74) is 3.70. The van der Waals surface area contributed by atoms with Crippen molar-refractivity contribution >= 4 is 5.69 Å². The molecule has 204 valence electrons. The van der Waals surface area contributed by atoms with Crippen LogP contribution in [0.4, 0.5) is 5.69 Å². The predicted octanol–water partition coefficient (Wildman–Crippen LogP) is 4.22. The molecule has 2 N–H and O–H groups in total. The van der Waals surface area contributed by atoms with Gasteiger partial charge >= 0.3 is 0 Å². The topological polar surface area (TPSA) is 96.2 Å². The van der Waals surface area contributed by atoms with Gasteiger partial charge in [-0.2, -0.15) is 5.26 Å². The Labute approximate surface area is 229 Å². The molecule has 3 atom stereocenters. The molecule has 2 aliphatic heterocycles. The lowest BCUT2D eigenvalue weighted by atomic mass is 9.85. The van der Waals surface area contributed by atoms with Gasteiger partial charge in [-0.15, -0.1) is 0 Å². The highest BCUT2D eigenvalue weighted by Gasteiger charge is 2.34. The third-order valence-corrected chi connectivity index (χ3v) is 7.20. The fraction of sp³-hybridized carbons (Fsp3) is 0.387. The Bertz CT molecular complexity index is 1280. The second kappa shape index (κ2) is 13.0. The van der Waals surface area contributed by atoms with E-state index in [1.54, 1.807) is 25.3 Å². The van der Waals surface area contributed by atoms with Crippen molar-refractivity contribution in [3.8, 4) is 23.3 Å². The number of aliphatic hydroxyl groups excluding tert-OH is 1. The highest BCUT2D eigenvalue weighted by molar-refractivity contribution is 5.61. The van der Waals surface area contributed by atoms with Crippen LogP contribution in [0.15, 0.2) is 66.7 Å². The Morgan fingerprint density at radius 1 is 1.08 bits per heavy atom. The molecule has 8 heteroatoms. The first kappa shape index (κ1) is 27.0. The van der Waals surface area contributed by atoms with Crippen LogP contribution < -0.4 is 19.7 Å². The zero-order valence-corrected chi connectivity index (χ0v) is 22.2. The molecule has 1 fully saturated rings. The third kappa shape index (κ3) is 6.70. The Kier molecular flexibility index (Phi) is 8.96. The van der Waals surface area contributed by atoms with Crippen molar-refractivity contribution < 1.29 is 24.1 Å². The quantitative estimate of drug-likeness (QED) is 0.377. The van der Waals surface area contributed by atoms with Gasteiger partial charge in [0.05, 0.1) is 42.7 Å². The van der Waals surface area contributed by atoms with Crippen LogP contribution in [-0.2, 0) is 16.1 Å². The van der Waals surface area contributed by atoms with Gasteiger partial charge in [-0.25, -0.2) is 0 Å². The van der Waals surface area contributed by atoms with E-state index in [2.05, 4.69) is 22.4 Å². The maximum Gasteiger partial charge on any atom is 0.142 e. The monoisotopic (exact) mass is 529 g/mol. The Morgan fingerprint density at radius 2 is 1.95 bits per heavy atom. The van der Waals surface area contributed by atoms with Gasteiger partial charge in [0, 0.05) is 39.3 Å². The number of anilines is 1. The molecule has 0 aliphatic carbocycles. The first-order valence-electron chi connectivity index (χ1n) is 13.4. The second-order valence-electron chi connectivity index (χ2n) is 9.90. The Balaban J connectivity index is 1.25. The van der Waals surface area contributed by atoms with Gasteiger partial charge in [0.2, 0.25) is 0 Å². The van der Waals surface area contributed by atoms with E-state index in [1.807, 2.05) is 42.5 Å². The van der Waals surface area contributed by atoms with Crippen molar-refractivity contribution in [3.05, 3.63) is 83.4 Å². The lowest BCUT2D eigenvalue weighted by molar-refractivity contribution is -0.0328. The summed E-state index contributed by atoms with van der Waals surface area (Å²) in [5.74, 6) is 2.00. The summed E-state index contributed by atoms with van der Waals surface area (Å²) >= 11 is 0. The van der Waals surface area contributed by atoms with Crippen LogP contribution in [0.2, 0.25) is 0 Å². The van der Waals surface area contributed by atoms with E-state index >= 15 is 0 Å². The van der Waals surface area contributed by atoms with E-state index in [0.29, 0.717) is 43.4 Å². The molecule has 8 nitrogen and oxygen atoms in total. The van der Waals surface area contributed by atoms with Gasteiger partial charge in [0.25, 0.3) is 0 Å². The number of piperidine rings is 1. The second-order valence-corrected chi connectivity index (χ2v) is 9.90. The summed E-state index contributed by atoms with van der Waals surface area (Å²) in [4.78, 5) is 2.34. The first-order valence-corrected chi connectivity index (χ1v) is 13.4. The third-order valence-electron chi connectivity index (χ3n) is 7.20. The molecule has 3 unspecified atom stereocenters. The van der Waals surface area contributed by atoms with E-state index in [9.17, 15) is 5.11 Å². The number of nitrogens with one attached hydrogen (secondary N) is 1. The molecule has 0 spiro atoms. The zero-order valence-electron chi connectivity index (χ0n) is 22.2.